The Morgan fingerprint density at radius 2 is 1.50 bits per heavy atom. The summed E-state index contributed by atoms with van der Waals surface area (Å²) < 4.78 is 51.0. The summed E-state index contributed by atoms with van der Waals surface area (Å²) in [7, 11) is 3.56. The van der Waals surface area contributed by atoms with Gasteiger partial charge in [0.2, 0.25) is 11.8 Å². The molecular formula is C62H73N5O10S3. The second-order valence-electron chi connectivity index (χ2n) is 21.6. The van der Waals surface area contributed by atoms with Crippen LogP contribution in [0.25, 0.3) is 0 Å². The third-order valence-electron chi connectivity index (χ3n) is 15.4. The number of amides is 3. The summed E-state index contributed by atoms with van der Waals surface area (Å²) in [6, 6.07) is 29.1. The van der Waals surface area contributed by atoms with Gasteiger partial charge in [-0.2, -0.15) is 8.42 Å². The second kappa shape index (κ2) is 25.7. The molecule has 3 amide bonds. The van der Waals surface area contributed by atoms with Crippen LogP contribution in [0.4, 0.5) is 22.7 Å². The van der Waals surface area contributed by atoms with E-state index < -0.39 is 15.4 Å². The zero-order chi connectivity index (χ0) is 56.7. The fourth-order valence-corrected chi connectivity index (χ4v) is 15.0. The minimum atomic E-state index is -4.05. The highest BCUT2D eigenvalue weighted by Gasteiger charge is 2.39. The van der Waals surface area contributed by atoms with Crippen LogP contribution in [0.15, 0.2) is 91.0 Å². The van der Waals surface area contributed by atoms with Gasteiger partial charge < -0.3 is 39.2 Å². The van der Waals surface area contributed by atoms with E-state index in [-0.39, 0.29) is 72.8 Å². The van der Waals surface area contributed by atoms with E-state index in [9.17, 15) is 27.6 Å². The Kier molecular flexibility index (Phi) is 18.8. The molecule has 0 fully saturated rings. The first-order valence-corrected chi connectivity index (χ1v) is 31.5. The van der Waals surface area contributed by atoms with Crippen LogP contribution < -0.4 is 34.6 Å². The van der Waals surface area contributed by atoms with Crippen LogP contribution in [0.2, 0.25) is 0 Å². The number of anilines is 3. The van der Waals surface area contributed by atoms with Crippen molar-refractivity contribution in [2.75, 3.05) is 55.2 Å². The number of carbonyl (C=O) groups excluding carboxylic acids is 4. The zero-order valence-electron chi connectivity index (χ0n) is 46.9. The van der Waals surface area contributed by atoms with E-state index >= 15 is 0 Å². The first-order chi connectivity index (χ1) is 38.5. The van der Waals surface area contributed by atoms with Crippen molar-refractivity contribution in [3.63, 3.8) is 0 Å². The Balaban J connectivity index is 0.889. The van der Waals surface area contributed by atoms with Crippen LogP contribution in [0, 0.1) is 6.92 Å². The standard InChI is InChI=1S/C62H73N5O10S3/c1-8-63-26-15-9-10-20-54(68)58(80(72,73)75-7)24-27-78-79-62(3,4)25-23-59(69)64-46-30-41(38-76-55-36-53-50(28-40(55)2)61(71)67-48(37-65(53)5)33-45-17-12-14-19-52(45)67)29-42(31-46)39-77-57-34-43-21-22-47-32-44-16-11-13-18-51(44)66(47)60(70)49(43)35-56(57)74-6/h11-14,16-19,28-31,34-36,47-48,58,63H,8-10,15,20-27,32-33,38-39H2,1-7H3,(H,64,69)/t47-,48+,58?/m1/s1. The number of methoxy groups -OCH3 is 1. The maximum atomic E-state index is 14.2. The summed E-state index contributed by atoms with van der Waals surface area (Å²) in [6.07, 6.45) is 9.93. The lowest BCUT2D eigenvalue weighted by Crippen LogP contribution is -2.38. The first kappa shape index (κ1) is 58.5. The second-order valence-corrected chi connectivity index (χ2v) is 26.6. The Labute approximate surface area is 479 Å². The summed E-state index contributed by atoms with van der Waals surface area (Å²) in [4.78, 5) is 59.2. The first-order valence-electron chi connectivity index (χ1n) is 27.7. The highest BCUT2D eigenvalue weighted by molar-refractivity contribution is 8.77. The lowest BCUT2D eigenvalue weighted by molar-refractivity contribution is -0.401. The van der Waals surface area contributed by atoms with Crippen molar-refractivity contribution in [1.82, 2.24) is 5.32 Å². The highest BCUT2D eigenvalue weighted by Crippen LogP contribution is 2.43. The number of aryl methyl sites for hydroxylation is 2. The average molecular weight is 1140 g/mol. The van der Waals surface area contributed by atoms with Crippen molar-refractivity contribution < 1.29 is 50.6 Å². The summed E-state index contributed by atoms with van der Waals surface area (Å²) in [5.74, 6) is 1.29. The molecule has 0 aliphatic carbocycles. The minimum absolute atomic E-state index is 0.0503. The van der Waals surface area contributed by atoms with E-state index in [2.05, 4.69) is 29.0 Å². The quantitative estimate of drug-likeness (QED) is 0.0176. The molecule has 15 nitrogen and oxygen atoms in total. The fraction of sp³-hybridized carbons (Fsp3) is 0.435. The van der Waals surface area contributed by atoms with Crippen LogP contribution in [0.1, 0.15) is 126 Å². The monoisotopic (exact) mass is 1140 g/mol. The van der Waals surface area contributed by atoms with Gasteiger partial charge in [-0.15, -0.1) is 0 Å². The lowest BCUT2D eigenvalue weighted by atomic mass is 9.99. The van der Waals surface area contributed by atoms with E-state index in [0.717, 1.165) is 85.1 Å². The number of hydrogen-bond acceptors (Lipinski definition) is 13. The summed E-state index contributed by atoms with van der Waals surface area (Å²) in [5.41, 5.74) is 9.75. The minimum Gasteiger partial charge on any atom is -0.493 e. The van der Waals surface area contributed by atoms with Gasteiger partial charge in [0.05, 0.1) is 19.9 Å². The van der Waals surface area contributed by atoms with Gasteiger partial charge in [-0.1, -0.05) is 77.4 Å². The number of Topliss-reactive ketones (excluding diaryl/α,β-unsaturated/α-hetero) is 1. The predicted molar refractivity (Wildman–Crippen MR) is 318 cm³/mol. The number of ether oxygens (including phenoxy) is 3. The molecule has 0 spiro atoms. The number of hydrogen-bond donors (Lipinski definition) is 2. The molecule has 80 heavy (non-hydrogen) atoms. The van der Waals surface area contributed by atoms with Crippen LogP contribution in [-0.2, 0) is 56.4 Å². The molecule has 4 aliphatic heterocycles. The molecule has 0 radical (unpaired) electrons. The van der Waals surface area contributed by atoms with Crippen LogP contribution in [0.3, 0.4) is 0 Å². The topological polar surface area (TPSA) is 173 Å². The van der Waals surface area contributed by atoms with Gasteiger partial charge in [0.1, 0.15) is 31.3 Å². The largest absolute Gasteiger partial charge is 0.493 e. The van der Waals surface area contributed by atoms with Gasteiger partial charge in [-0.3, -0.25) is 23.4 Å². The smallest absolute Gasteiger partial charge is 0.277 e. The van der Waals surface area contributed by atoms with Crippen molar-refractivity contribution in [3.05, 3.63) is 136 Å². The van der Waals surface area contributed by atoms with Gasteiger partial charge in [-0.25, -0.2) is 0 Å². The number of carbonyl (C=O) groups is 4. The number of nitrogens with one attached hydrogen (secondary N) is 2. The Morgan fingerprint density at radius 1 is 0.812 bits per heavy atom. The molecule has 5 aromatic carbocycles. The van der Waals surface area contributed by atoms with E-state index in [1.165, 1.54) is 16.4 Å². The van der Waals surface area contributed by atoms with Crippen molar-refractivity contribution >= 4 is 84.2 Å². The molecule has 9 rings (SSSR count). The SMILES string of the molecule is CCNCCCCCC(=O)C(CCSSC(C)(C)CCC(=O)Nc1cc(COc2cc3c(cc2C)C(=O)N2c4ccccc4C[C@H]2[C-]=[N+]3C)cc(COc2cc3c(cc2OC)C(=O)N2c4ccccc4C[C@H]2CC3)c1)S(=O)(=O)OC. The summed E-state index contributed by atoms with van der Waals surface area (Å²) in [6.45, 7) is 10.0. The number of fused-ring (bicyclic) bond motifs is 8. The van der Waals surface area contributed by atoms with Gasteiger partial charge in [0.15, 0.2) is 17.3 Å². The van der Waals surface area contributed by atoms with E-state index in [0.29, 0.717) is 71.2 Å². The third kappa shape index (κ3) is 13.4. The maximum absolute atomic E-state index is 14.2. The number of unbranched alkanes of at least 4 members (excludes halogenated alkanes) is 2. The molecule has 1 unspecified atom stereocenters. The molecule has 3 atom stereocenters. The Morgan fingerprint density at radius 3 is 2.21 bits per heavy atom. The van der Waals surface area contributed by atoms with Gasteiger partial charge >= 0.3 is 0 Å². The van der Waals surface area contributed by atoms with Crippen molar-refractivity contribution in [1.29, 1.82) is 0 Å². The average Bonchev–Trinajstić information content (AvgIpc) is 4.01. The maximum Gasteiger partial charge on any atom is 0.277 e. The molecule has 18 heteroatoms. The van der Waals surface area contributed by atoms with Crippen molar-refractivity contribution in [3.8, 4) is 17.2 Å². The van der Waals surface area contributed by atoms with E-state index in [1.54, 1.807) is 24.0 Å². The number of rotatable bonds is 26. The third-order valence-corrected chi connectivity index (χ3v) is 20.4. The molecule has 0 saturated heterocycles. The summed E-state index contributed by atoms with van der Waals surface area (Å²) in [5, 5.41) is 5.17. The van der Waals surface area contributed by atoms with Crippen LogP contribution >= 0.6 is 21.6 Å². The van der Waals surface area contributed by atoms with Gasteiger partial charge in [-0.05, 0) is 167 Å². The number of para-hydroxylation sites is 2. The highest BCUT2D eigenvalue weighted by atomic mass is 33.1. The molecule has 4 heterocycles. The number of nitrogens with zero attached hydrogens (tertiary/aromatic N) is 3. The molecule has 0 saturated carbocycles. The molecule has 424 valence electrons. The lowest BCUT2D eigenvalue weighted by Gasteiger charge is -2.23. The fourth-order valence-electron chi connectivity index (χ4n) is 11.1. The van der Waals surface area contributed by atoms with Crippen molar-refractivity contribution in [2.24, 2.45) is 0 Å². The molecule has 4 aliphatic rings. The van der Waals surface area contributed by atoms with Gasteiger partial charge in [0, 0.05) is 69.8 Å². The summed E-state index contributed by atoms with van der Waals surface area (Å²) >= 11 is 0. The van der Waals surface area contributed by atoms with Crippen molar-refractivity contribution in [2.45, 2.75) is 134 Å². The molecular weight excluding hydrogens is 1070 g/mol. The zero-order valence-corrected chi connectivity index (χ0v) is 49.3. The molecule has 2 N–H and O–H groups in total. The molecule has 5 aromatic rings. The number of benzene rings is 5. The molecule has 0 bridgehead atoms. The van der Waals surface area contributed by atoms with E-state index in [1.807, 2.05) is 122 Å². The molecule has 0 aromatic heterocycles. The van der Waals surface area contributed by atoms with Crippen LogP contribution in [-0.4, -0.2) is 105 Å². The Hall–Kier alpha value is -6.18. The van der Waals surface area contributed by atoms with E-state index in [4.69, 9.17) is 18.4 Å². The van der Waals surface area contributed by atoms with Gasteiger partial charge in [0.25, 0.3) is 16.0 Å². The van der Waals surface area contributed by atoms with Crippen LogP contribution in [0.5, 0.6) is 17.2 Å². The Bertz CT molecular complexity index is 3290. The predicted octanol–water partition coefficient (Wildman–Crippen LogP) is 10.8. The normalized spacial score (nSPS) is 16.8. The number of ketones is 1.